The third kappa shape index (κ3) is 2.91. The van der Waals surface area contributed by atoms with Crippen LogP contribution < -0.4 is 4.74 Å². The molecule has 1 aromatic heterocycles. The molecule has 1 N–H and O–H groups in total. The molecule has 3 aromatic rings. The Kier molecular flexibility index (Phi) is 3.90. The molecule has 1 atom stereocenters. The van der Waals surface area contributed by atoms with Gasteiger partial charge in [-0.2, -0.15) is 0 Å². The van der Waals surface area contributed by atoms with Crippen LogP contribution in [0.15, 0.2) is 59.2 Å². The number of aliphatic hydroxyl groups excluding tert-OH is 1. The summed E-state index contributed by atoms with van der Waals surface area (Å²) in [5.41, 5.74) is 0.764. The molecule has 3 rings (SSSR count). The van der Waals surface area contributed by atoms with Crippen LogP contribution in [-0.2, 0) is 0 Å². The minimum Gasteiger partial charge on any atom is -0.438 e. The Morgan fingerprint density at radius 3 is 2.62 bits per heavy atom. The van der Waals surface area contributed by atoms with Gasteiger partial charge in [0.2, 0.25) is 5.88 Å². The molecule has 0 aliphatic carbocycles. The SMILES string of the molecule is CC(O)c1ccc(Oc2ccc3ccccc3c2Br)nc1. The molecule has 0 aliphatic rings. The monoisotopic (exact) mass is 343 g/mol. The second kappa shape index (κ2) is 5.84. The van der Waals surface area contributed by atoms with E-state index in [0.29, 0.717) is 11.6 Å². The third-order valence-corrected chi connectivity index (χ3v) is 4.10. The van der Waals surface area contributed by atoms with E-state index in [1.165, 1.54) is 0 Å². The number of hydrogen-bond acceptors (Lipinski definition) is 3. The molecule has 0 spiro atoms. The first-order valence-corrected chi connectivity index (χ1v) is 7.43. The van der Waals surface area contributed by atoms with Crippen LogP contribution in [0.1, 0.15) is 18.6 Å². The molecule has 0 aliphatic heterocycles. The lowest BCUT2D eigenvalue weighted by atomic mass is 10.1. The molecule has 0 saturated heterocycles. The highest BCUT2D eigenvalue weighted by Gasteiger charge is 2.08. The van der Waals surface area contributed by atoms with E-state index in [2.05, 4.69) is 27.0 Å². The van der Waals surface area contributed by atoms with E-state index < -0.39 is 6.10 Å². The summed E-state index contributed by atoms with van der Waals surface area (Å²) in [5.74, 6) is 1.21. The number of benzene rings is 2. The zero-order chi connectivity index (χ0) is 14.8. The van der Waals surface area contributed by atoms with Crippen molar-refractivity contribution < 1.29 is 9.84 Å². The van der Waals surface area contributed by atoms with E-state index in [1.54, 1.807) is 19.2 Å². The van der Waals surface area contributed by atoms with Gasteiger partial charge in [-0.1, -0.05) is 30.3 Å². The lowest BCUT2D eigenvalue weighted by Gasteiger charge is -2.10. The molecule has 106 valence electrons. The van der Waals surface area contributed by atoms with Crippen molar-refractivity contribution in [2.45, 2.75) is 13.0 Å². The maximum absolute atomic E-state index is 9.48. The summed E-state index contributed by atoms with van der Waals surface area (Å²) in [7, 11) is 0. The first-order valence-electron chi connectivity index (χ1n) is 6.64. The predicted molar refractivity (Wildman–Crippen MR) is 86.6 cm³/mol. The third-order valence-electron chi connectivity index (χ3n) is 3.28. The van der Waals surface area contributed by atoms with Crippen LogP contribution in [0.2, 0.25) is 0 Å². The van der Waals surface area contributed by atoms with Crippen molar-refractivity contribution in [1.29, 1.82) is 0 Å². The second-order valence-electron chi connectivity index (χ2n) is 4.81. The highest BCUT2D eigenvalue weighted by Crippen LogP contribution is 2.35. The summed E-state index contributed by atoms with van der Waals surface area (Å²) < 4.78 is 6.72. The number of aromatic nitrogens is 1. The quantitative estimate of drug-likeness (QED) is 0.739. The largest absolute Gasteiger partial charge is 0.438 e. The van der Waals surface area contributed by atoms with Gasteiger partial charge in [-0.05, 0) is 51.3 Å². The van der Waals surface area contributed by atoms with E-state index in [0.717, 1.165) is 20.8 Å². The molecule has 0 saturated carbocycles. The number of rotatable bonds is 3. The van der Waals surface area contributed by atoms with E-state index >= 15 is 0 Å². The van der Waals surface area contributed by atoms with Gasteiger partial charge in [0.25, 0.3) is 0 Å². The number of nitrogens with zero attached hydrogens (tertiary/aromatic N) is 1. The number of hydrogen-bond donors (Lipinski definition) is 1. The summed E-state index contributed by atoms with van der Waals surface area (Å²) in [6.45, 7) is 1.71. The van der Waals surface area contributed by atoms with Gasteiger partial charge in [0.05, 0.1) is 10.6 Å². The maximum Gasteiger partial charge on any atom is 0.219 e. The normalized spacial score (nSPS) is 12.3. The van der Waals surface area contributed by atoms with Gasteiger partial charge < -0.3 is 9.84 Å². The minimum atomic E-state index is -0.529. The van der Waals surface area contributed by atoms with Gasteiger partial charge in [-0.3, -0.25) is 0 Å². The molecule has 0 bridgehead atoms. The van der Waals surface area contributed by atoms with Gasteiger partial charge >= 0.3 is 0 Å². The molecule has 0 fully saturated rings. The van der Waals surface area contributed by atoms with Gasteiger partial charge in [-0.15, -0.1) is 0 Å². The zero-order valence-electron chi connectivity index (χ0n) is 11.5. The topological polar surface area (TPSA) is 42.4 Å². The summed E-state index contributed by atoms with van der Waals surface area (Å²) >= 11 is 3.58. The number of halogens is 1. The molecule has 1 heterocycles. The van der Waals surface area contributed by atoms with Gasteiger partial charge in [0.15, 0.2) is 0 Å². The fourth-order valence-corrected chi connectivity index (χ4v) is 2.68. The molecule has 3 nitrogen and oxygen atoms in total. The average molecular weight is 344 g/mol. The lowest BCUT2D eigenvalue weighted by Crippen LogP contribution is -1.94. The van der Waals surface area contributed by atoms with Crippen LogP contribution >= 0.6 is 15.9 Å². The van der Waals surface area contributed by atoms with Crippen molar-refractivity contribution in [2.24, 2.45) is 0 Å². The number of aliphatic hydroxyl groups is 1. The Balaban J connectivity index is 1.92. The highest BCUT2D eigenvalue weighted by atomic mass is 79.9. The summed E-state index contributed by atoms with van der Waals surface area (Å²) in [6, 6.07) is 15.6. The molecule has 2 aromatic carbocycles. The van der Waals surface area contributed by atoms with Crippen LogP contribution in [0.3, 0.4) is 0 Å². The van der Waals surface area contributed by atoms with Gasteiger partial charge in [-0.25, -0.2) is 4.98 Å². The van der Waals surface area contributed by atoms with E-state index in [4.69, 9.17) is 4.74 Å². The number of pyridine rings is 1. The van der Waals surface area contributed by atoms with Crippen molar-refractivity contribution in [3.63, 3.8) is 0 Å². The Bertz CT molecular complexity index is 769. The molecule has 4 heteroatoms. The van der Waals surface area contributed by atoms with E-state index in [9.17, 15) is 5.11 Å². The van der Waals surface area contributed by atoms with Crippen LogP contribution in [0.4, 0.5) is 0 Å². The molecule has 21 heavy (non-hydrogen) atoms. The molecule has 0 radical (unpaired) electrons. The Morgan fingerprint density at radius 1 is 1.10 bits per heavy atom. The Hall–Kier alpha value is -1.91. The number of ether oxygens (including phenoxy) is 1. The summed E-state index contributed by atoms with van der Waals surface area (Å²) in [6.07, 6.45) is 1.09. The first-order chi connectivity index (χ1) is 10.1. The van der Waals surface area contributed by atoms with E-state index in [1.807, 2.05) is 36.4 Å². The second-order valence-corrected chi connectivity index (χ2v) is 5.60. The van der Waals surface area contributed by atoms with Crippen LogP contribution in [0.25, 0.3) is 10.8 Å². The Morgan fingerprint density at radius 2 is 1.90 bits per heavy atom. The van der Waals surface area contributed by atoms with Crippen molar-refractivity contribution in [3.8, 4) is 11.6 Å². The summed E-state index contributed by atoms with van der Waals surface area (Å²) in [5, 5.41) is 11.7. The van der Waals surface area contributed by atoms with E-state index in [-0.39, 0.29) is 0 Å². The average Bonchev–Trinajstić information content (AvgIpc) is 2.51. The van der Waals surface area contributed by atoms with Crippen molar-refractivity contribution in [3.05, 3.63) is 64.8 Å². The highest BCUT2D eigenvalue weighted by molar-refractivity contribution is 9.10. The smallest absolute Gasteiger partial charge is 0.219 e. The molecule has 1 unspecified atom stereocenters. The zero-order valence-corrected chi connectivity index (χ0v) is 13.0. The first kappa shape index (κ1) is 14.0. The maximum atomic E-state index is 9.48. The van der Waals surface area contributed by atoms with Crippen molar-refractivity contribution >= 4 is 26.7 Å². The predicted octanol–water partition coefficient (Wildman–Crippen LogP) is 4.84. The van der Waals surface area contributed by atoms with Crippen LogP contribution in [-0.4, -0.2) is 10.1 Å². The standard InChI is InChI=1S/C17H14BrNO2/c1-11(20)13-7-9-16(19-10-13)21-15-8-6-12-4-2-3-5-14(12)17(15)18/h2-11,20H,1H3. The molecular formula is C17H14BrNO2. The fraction of sp³-hybridized carbons (Fsp3) is 0.118. The van der Waals surface area contributed by atoms with Crippen molar-refractivity contribution in [1.82, 2.24) is 4.98 Å². The van der Waals surface area contributed by atoms with Crippen LogP contribution in [0.5, 0.6) is 11.6 Å². The number of fused-ring (bicyclic) bond motifs is 1. The van der Waals surface area contributed by atoms with Crippen molar-refractivity contribution in [2.75, 3.05) is 0 Å². The fourth-order valence-electron chi connectivity index (χ4n) is 2.10. The van der Waals surface area contributed by atoms with Gasteiger partial charge in [0.1, 0.15) is 5.75 Å². The lowest BCUT2D eigenvalue weighted by molar-refractivity contribution is 0.198. The Labute approximate surface area is 131 Å². The van der Waals surface area contributed by atoms with Crippen LogP contribution in [0, 0.1) is 0 Å². The van der Waals surface area contributed by atoms with Gasteiger partial charge in [0, 0.05) is 12.3 Å². The molecule has 0 amide bonds. The minimum absolute atomic E-state index is 0.496. The molecular weight excluding hydrogens is 330 g/mol. The summed E-state index contributed by atoms with van der Waals surface area (Å²) in [4.78, 5) is 4.21.